The number of nitrogens with zero attached hydrogens (tertiary/aromatic N) is 1. The maximum absolute atomic E-state index is 3.57. The molecule has 0 bridgehead atoms. The number of hydrogen-bond acceptors (Lipinski definition) is 2. The minimum absolute atomic E-state index is 0.766. The van der Waals surface area contributed by atoms with Crippen LogP contribution in [0.4, 0.5) is 0 Å². The first kappa shape index (κ1) is 15.1. The van der Waals surface area contributed by atoms with E-state index in [-0.39, 0.29) is 0 Å². The van der Waals surface area contributed by atoms with E-state index >= 15 is 0 Å². The van der Waals surface area contributed by atoms with Gasteiger partial charge in [0.2, 0.25) is 0 Å². The molecule has 1 saturated heterocycles. The van der Waals surface area contributed by atoms with E-state index in [0.29, 0.717) is 0 Å². The summed E-state index contributed by atoms with van der Waals surface area (Å²) in [5.41, 5.74) is 3.18. The van der Waals surface area contributed by atoms with Gasteiger partial charge in [-0.15, -0.1) is 0 Å². The number of fused-ring (bicyclic) bond motifs is 1. The Balaban J connectivity index is 1.64. The monoisotopic (exact) mass is 286 g/mol. The van der Waals surface area contributed by atoms with Crippen LogP contribution in [-0.2, 0) is 12.8 Å². The van der Waals surface area contributed by atoms with Crippen molar-refractivity contribution in [2.24, 2.45) is 5.92 Å². The molecular formula is C19H30N2. The fraction of sp³-hybridized carbons (Fsp3) is 0.684. The third kappa shape index (κ3) is 3.87. The molecule has 2 unspecified atom stereocenters. The second-order valence-corrected chi connectivity index (χ2v) is 6.87. The fourth-order valence-electron chi connectivity index (χ4n) is 4.11. The van der Waals surface area contributed by atoms with E-state index in [0.717, 1.165) is 12.0 Å². The molecule has 1 aromatic rings. The topological polar surface area (TPSA) is 15.3 Å². The van der Waals surface area contributed by atoms with Crippen LogP contribution in [0, 0.1) is 5.92 Å². The van der Waals surface area contributed by atoms with Crippen LogP contribution in [0.25, 0.3) is 0 Å². The molecule has 21 heavy (non-hydrogen) atoms. The van der Waals surface area contributed by atoms with E-state index < -0.39 is 0 Å². The zero-order valence-corrected chi connectivity index (χ0v) is 13.5. The van der Waals surface area contributed by atoms with Crippen LogP contribution in [0.2, 0.25) is 0 Å². The van der Waals surface area contributed by atoms with Crippen molar-refractivity contribution in [3.05, 3.63) is 35.4 Å². The molecule has 0 saturated carbocycles. The molecule has 0 amide bonds. The molecule has 1 aliphatic heterocycles. The zero-order chi connectivity index (χ0) is 14.5. The van der Waals surface area contributed by atoms with E-state index in [9.17, 15) is 0 Å². The third-order valence-electron chi connectivity index (χ3n) is 5.24. The van der Waals surface area contributed by atoms with Crippen molar-refractivity contribution >= 4 is 0 Å². The molecule has 2 heteroatoms. The maximum atomic E-state index is 3.57. The quantitative estimate of drug-likeness (QED) is 0.894. The van der Waals surface area contributed by atoms with Gasteiger partial charge in [0, 0.05) is 12.6 Å². The lowest BCUT2D eigenvalue weighted by Crippen LogP contribution is -2.45. The second-order valence-electron chi connectivity index (χ2n) is 6.87. The molecule has 3 rings (SSSR count). The molecule has 2 aliphatic rings. The lowest BCUT2D eigenvalue weighted by molar-refractivity contribution is 0.141. The van der Waals surface area contributed by atoms with Crippen molar-refractivity contribution in [3.8, 4) is 0 Å². The lowest BCUT2D eigenvalue weighted by Gasteiger charge is -2.38. The summed E-state index contributed by atoms with van der Waals surface area (Å²) in [7, 11) is 0. The minimum atomic E-state index is 0.766. The van der Waals surface area contributed by atoms with E-state index in [2.05, 4.69) is 41.4 Å². The Morgan fingerprint density at radius 1 is 1.19 bits per heavy atom. The third-order valence-corrected chi connectivity index (χ3v) is 5.24. The highest BCUT2D eigenvalue weighted by molar-refractivity contribution is 5.30. The van der Waals surface area contributed by atoms with Crippen molar-refractivity contribution in [2.45, 2.75) is 51.5 Å². The molecule has 116 valence electrons. The summed E-state index contributed by atoms with van der Waals surface area (Å²) < 4.78 is 0. The van der Waals surface area contributed by atoms with Gasteiger partial charge in [-0.05, 0) is 75.2 Å². The first-order chi connectivity index (χ1) is 10.4. The average Bonchev–Trinajstić information content (AvgIpc) is 2.55. The van der Waals surface area contributed by atoms with Crippen molar-refractivity contribution in [1.82, 2.24) is 10.2 Å². The molecule has 1 N–H and O–H groups in total. The number of nitrogens with one attached hydrogen (secondary N) is 1. The van der Waals surface area contributed by atoms with E-state index in [4.69, 9.17) is 0 Å². The van der Waals surface area contributed by atoms with Gasteiger partial charge in [-0.25, -0.2) is 0 Å². The molecule has 0 spiro atoms. The molecule has 0 radical (unpaired) electrons. The van der Waals surface area contributed by atoms with Gasteiger partial charge in [-0.2, -0.15) is 0 Å². The van der Waals surface area contributed by atoms with Crippen LogP contribution in [-0.4, -0.2) is 37.1 Å². The van der Waals surface area contributed by atoms with Crippen LogP contribution in [0.1, 0.15) is 43.7 Å². The van der Waals surface area contributed by atoms with Gasteiger partial charge in [-0.1, -0.05) is 31.2 Å². The zero-order valence-electron chi connectivity index (χ0n) is 13.5. The van der Waals surface area contributed by atoms with Crippen molar-refractivity contribution in [3.63, 3.8) is 0 Å². The predicted octanol–water partition coefficient (Wildman–Crippen LogP) is 3.26. The van der Waals surface area contributed by atoms with Crippen LogP contribution in [0.5, 0.6) is 0 Å². The van der Waals surface area contributed by atoms with Gasteiger partial charge >= 0.3 is 0 Å². The van der Waals surface area contributed by atoms with Gasteiger partial charge in [0.1, 0.15) is 0 Å². The second kappa shape index (κ2) is 7.42. The first-order valence-corrected chi connectivity index (χ1v) is 8.88. The van der Waals surface area contributed by atoms with Gasteiger partial charge in [0.25, 0.3) is 0 Å². The van der Waals surface area contributed by atoms with Crippen LogP contribution >= 0.6 is 0 Å². The van der Waals surface area contributed by atoms with Gasteiger partial charge in [0.15, 0.2) is 0 Å². The summed E-state index contributed by atoms with van der Waals surface area (Å²) in [6.07, 6.45) is 7.92. The summed E-state index contributed by atoms with van der Waals surface area (Å²) in [4.78, 5) is 2.80. The average molecular weight is 286 g/mol. The highest BCUT2D eigenvalue weighted by atomic mass is 15.2. The van der Waals surface area contributed by atoms with Crippen LogP contribution in [0.3, 0.4) is 0 Å². The van der Waals surface area contributed by atoms with Crippen molar-refractivity contribution in [1.29, 1.82) is 0 Å². The standard InChI is InChI=1S/C19H30N2/c1-2-12-21(15-16-6-5-11-20-14-16)19-10-9-17-7-3-4-8-18(17)13-19/h3-4,7-8,16,19-20H,2,5-6,9-15H2,1H3. The van der Waals surface area contributed by atoms with E-state index in [1.807, 2.05) is 0 Å². The Bertz CT molecular complexity index is 437. The maximum Gasteiger partial charge on any atom is 0.0139 e. The normalized spacial score (nSPS) is 25.8. The summed E-state index contributed by atoms with van der Waals surface area (Å²) in [5, 5.41) is 3.57. The van der Waals surface area contributed by atoms with Gasteiger partial charge < -0.3 is 5.32 Å². The Morgan fingerprint density at radius 2 is 2.05 bits per heavy atom. The number of piperidine rings is 1. The van der Waals surface area contributed by atoms with Crippen molar-refractivity contribution in [2.75, 3.05) is 26.2 Å². The Morgan fingerprint density at radius 3 is 2.81 bits per heavy atom. The summed E-state index contributed by atoms with van der Waals surface area (Å²) in [6, 6.07) is 9.82. The number of benzene rings is 1. The first-order valence-electron chi connectivity index (χ1n) is 8.88. The number of aryl methyl sites for hydroxylation is 1. The SMILES string of the molecule is CCCN(CC1CCCNC1)C1CCc2ccccc2C1. The molecule has 1 aromatic carbocycles. The summed E-state index contributed by atoms with van der Waals surface area (Å²) >= 11 is 0. The molecule has 2 atom stereocenters. The summed E-state index contributed by atoms with van der Waals surface area (Å²) in [5.74, 6) is 0.863. The van der Waals surface area contributed by atoms with E-state index in [1.165, 1.54) is 64.7 Å². The molecule has 2 nitrogen and oxygen atoms in total. The number of hydrogen-bond donors (Lipinski definition) is 1. The summed E-state index contributed by atoms with van der Waals surface area (Å²) in [6.45, 7) is 7.34. The molecule has 1 heterocycles. The van der Waals surface area contributed by atoms with E-state index in [1.54, 1.807) is 11.1 Å². The predicted molar refractivity (Wildman–Crippen MR) is 89.7 cm³/mol. The lowest BCUT2D eigenvalue weighted by atomic mass is 9.86. The molecule has 1 fully saturated rings. The minimum Gasteiger partial charge on any atom is -0.316 e. The highest BCUT2D eigenvalue weighted by Gasteiger charge is 2.26. The van der Waals surface area contributed by atoms with Gasteiger partial charge in [0.05, 0.1) is 0 Å². The smallest absolute Gasteiger partial charge is 0.0139 e. The molecular weight excluding hydrogens is 256 g/mol. The molecule has 1 aliphatic carbocycles. The number of rotatable bonds is 5. The Hall–Kier alpha value is -0.860. The van der Waals surface area contributed by atoms with Crippen molar-refractivity contribution < 1.29 is 0 Å². The van der Waals surface area contributed by atoms with Gasteiger partial charge in [-0.3, -0.25) is 4.90 Å². The van der Waals surface area contributed by atoms with Crippen LogP contribution in [0.15, 0.2) is 24.3 Å². The Kier molecular flexibility index (Phi) is 5.32. The highest BCUT2D eigenvalue weighted by Crippen LogP contribution is 2.26. The van der Waals surface area contributed by atoms with Crippen LogP contribution < -0.4 is 5.32 Å². The largest absolute Gasteiger partial charge is 0.316 e. The fourth-order valence-corrected chi connectivity index (χ4v) is 4.11. The molecule has 0 aromatic heterocycles. The Labute approximate surface area is 129 Å².